The molecular formula is C17H16N2O2S. The van der Waals surface area contributed by atoms with E-state index in [9.17, 15) is 4.79 Å². The summed E-state index contributed by atoms with van der Waals surface area (Å²) in [7, 11) is 0. The molecule has 3 aromatic heterocycles. The van der Waals surface area contributed by atoms with Crippen molar-refractivity contribution in [1.82, 2.24) is 9.88 Å². The molecule has 0 atom stereocenters. The molecule has 22 heavy (non-hydrogen) atoms. The molecule has 112 valence electrons. The van der Waals surface area contributed by atoms with Crippen molar-refractivity contribution in [3.63, 3.8) is 0 Å². The number of pyridine rings is 1. The van der Waals surface area contributed by atoms with Crippen molar-refractivity contribution in [1.29, 1.82) is 0 Å². The van der Waals surface area contributed by atoms with Crippen LogP contribution in [-0.2, 0) is 13.0 Å². The number of carbonyl (C=O) groups excluding carboxylic acids is 1. The lowest BCUT2D eigenvalue weighted by molar-refractivity contribution is 0.0739. The Morgan fingerprint density at radius 1 is 1.23 bits per heavy atom. The van der Waals surface area contributed by atoms with Gasteiger partial charge in [0.1, 0.15) is 5.69 Å². The third kappa shape index (κ3) is 3.62. The Hall–Kier alpha value is -2.40. The predicted octanol–water partition coefficient (Wildman–Crippen LogP) is 3.62. The van der Waals surface area contributed by atoms with Gasteiger partial charge in [0.05, 0.1) is 12.5 Å². The topological polar surface area (TPSA) is 46.3 Å². The van der Waals surface area contributed by atoms with Gasteiger partial charge in [-0.2, -0.15) is 0 Å². The van der Waals surface area contributed by atoms with E-state index in [1.807, 2.05) is 29.2 Å². The van der Waals surface area contributed by atoms with E-state index >= 15 is 0 Å². The number of nitrogens with zero attached hydrogens (tertiary/aromatic N) is 2. The van der Waals surface area contributed by atoms with Crippen LogP contribution < -0.4 is 0 Å². The number of hydrogen-bond donors (Lipinski definition) is 0. The normalized spacial score (nSPS) is 10.5. The fourth-order valence-electron chi connectivity index (χ4n) is 2.21. The molecule has 0 spiro atoms. The number of aromatic nitrogens is 1. The number of hydrogen-bond acceptors (Lipinski definition) is 4. The average Bonchev–Trinajstić information content (AvgIpc) is 3.25. The molecule has 0 aromatic carbocycles. The zero-order chi connectivity index (χ0) is 15.2. The number of amides is 1. The third-order valence-corrected chi connectivity index (χ3v) is 4.27. The van der Waals surface area contributed by atoms with E-state index < -0.39 is 0 Å². The largest absolute Gasteiger partial charge is 0.472 e. The Morgan fingerprint density at radius 2 is 2.18 bits per heavy atom. The van der Waals surface area contributed by atoms with Crippen LogP contribution in [0.15, 0.2) is 64.9 Å². The van der Waals surface area contributed by atoms with E-state index in [4.69, 9.17) is 4.42 Å². The van der Waals surface area contributed by atoms with Gasteiger partial charge >= 0.3 is 0 Å². The molecule has 0 radical (unpaired) electrons. The minimum atomic E-state index is -0.0571. The molecule has 5 heteroatoms. The van der Waals surface area contributed by atoms with Gasteiger partial charge in [0.15, 0.2) is 0 Å². The Kier molecular flexibility index (Phi) is 4.65. The maximum absolute atomic E-state index is 12.7. The second kappa shape index (κ2) is 7.04. The number of furan rings is 1. The summed E-state index contributed by atoms with van der Waals surface area (Å²) >= 11 is 1.71. The van der Waals surface area contributed by atoms with Crippen LogP contribution in [0.25, 0.3) is 0 Å². The molecule has 0 unspecified atom stereocenters. The Labute approximate surface area is 133 Å². The zero-order valence-electron chi connectivity index (χ0n) is 12.0. The van der Waals surface area contributed by atoms with E-state index in [0.29, 0.717) is 18.8 Å². The highest BCUT2D eigenvalue weighted by molar-refractivity contribution is 7.09. The first-order chi connectivity index (χ1) is 10.8. The molecule has 4 nitrogen and oxygen atoms in total. The monoisotopic (exact) mass is 312 g/mol. The fraction of sp³-hybridized carbons (Fsp3) is 0.176. The summed E-state index contributed by atoms with van der Waals surface area (Å²) in [6.45, 7) is 1.18. The van der Waals surface area contributed by atoms with Gasteiger partial charge in [0.25, 0.3) is 5.91 Å². The maximum atomic E-state index is 12.7. The second-order valence-corrected chi connectivity index (χ2v) is 5.93. The lowest BCUT2D eigenvalue weighted by atomic mass is 10.2. The molecule has 0 N–H and O–H groups in total. The van der Waals surface area contributed by atoms with Gasteiger partial charge < -0.3 is 9.32 Å². The summed E-state index contributed by atoms with van der Waals surface area (Å²) in [6, 6.07) is 11.4. The molecule has 0 aliphatic heterocycles. The van der Waals surface area contributed by atoms with E-state index in [0.717, 1.165) is 12.0 Å². The van der Waals surface area contributed by atoms with Gasteiger partial charge in [0, 0.05) is 29.7 Å². The van der Waals surface area contributed by atoms with Crippen LogP contribution in [0.2, 0.25) is 0 Å². The second-order valence-electron chi connectivity index (χ2n) is 4.90. The van der Waals surface area contributed by atoms with Crippen molar-refractivity contribution in [2.45, 2.75) is 13.0 Å². The minimum Gasteiger partial charge on any atom is -0.472 e. The maximum Gasteiger partial charge on any atom is 0.272 e. The van der Waals surface area contributed by atoms with Crippen LogP contribution in [0, 0.1) is 0 Å². The Bertz CT molecular complexity index is 694. The quantitative estimate of drug-likeness (QED) is 0.698. The van der Waals surface area contributed by atoms with Gasteiger partial charge in [-0.1, -0.05) is 12.1 Å². The van der Waals surface area contributed by atoms with Crippen LogP contribution in [0.5, 0.6) is 0 Å². The number of rotatable bonds is 6. The summed E-state index contributed by atoms with van der Waals surface area (Å²) in [4.78, 5) is 19.9. The molecule has 0 saturated carbocycles. The van der Waals surface area contributed by atoms with E-state index in [1.54, 1.807) is 36.1 Å². The van der Waals surface area contributed by atoms with Crippen LogP contribution in [0.4, 0.5) is 0 Å². The van der Waals surface area contributed by atoms with Gasteiger partial charge in [-0.05, 0) is 36.1 Å². The first-order valence-electron chi connectivity index (χ1n) is 7.07. The van der Waals surface area contributed by atoms with Crippen LogP contribution in [-0.4, -0.2) is 22.3 Å². The molecule has 0 fully saturated rings. The van der Waals surface area contributed by atoms with Crippen LogP contribution >= 0.6 is 11.3 Å². The SMILES string of the molecule is O=C(c1ccccn1)N(CCc1cccs1)Cc1ccoc1. The minimum absolute atomic E-state index is 0.0571. The summed E-state index contributed by atoms with van der Waals surface area (Å²) in [6.07, 6.45) is 5.78. The van der Waals surface area contributed by atoms with E-state index in [2.05, 4.69) is 16.4 Å². The van der Waals surface area contributed by atoms with Crippen molar-refractivity contribution >= 4 is 17.2 Å². The standard InChI is InChI=1S/C17H16N2O2S/c20-17(16-5-1-2-8-18-16)19(12-14-7-10-21-13-14)9-6-15-4-3-11-22-15/h1-5,7-8,10-11,13H,6,9,12H2. The zero-order valence-corrected chi connectivity index (χ0v) is 12.8. The highest BCUT2D eigenvalue weighted by Gasteiger charge is 2.17. The Morgan fingerprint density at radius 3 is 2.86 bits per heavy atom. The fourth-order valence-corrected chi connectivity index (χ4v) is 2.90. The first kappa shape index (κ1) is 14.5. The molecule has 0 bridgehead atoms. The van der Waals surface area contributed by atoms with Crippen molar-refractivity contribution in [3.05, 3.63) is 76.6 Å². The molecule has 3 rings (SSSR count). The Balaban J connectivity index is 1.74. The summed E-state index contributed by atoms with van der Waals surface area (Å²) < 4.78 is 5.10. The molecule has 0 saturated heterocycles. The van der Waals surface area contributed by atoms with Gasteiger partial charge in [0.2, 0.25) is 0 Å². The van der Waals surface area contributed by atoms with Crippen molar-refractivity contribution in [3.8, 4) is 0 Å². The molecule has 0 aliphatic carbocycles. The lowest BCUT2D eigenvalue weighted by Crippen LogP contribution is -2.32. The first-order valence-corrected chi connectivity index (χ1v) is 7.94. The highest BCUT2D eigenvalue weighted by atomic mass is 32.1. The summed E-state index contributed by atoms with van der Waals surface area (Å²) in [5.74, 6) is -0.0571. The van der Waals surface area contributed by atoms with E-state index in [1.165, 1.54) is 4.88 Å². The molecular weight excluding hydrogens is 296 g/mol. The van der Waals surface area contributed by atoms with Gasteiger partial charge in [-0.15, -0.1) is 11.3 Å². The van der Waals surface area contributed by atoms with Crippen LogP contribution in [0.3, 0.4) is 0 Å². The average molecular weight is 312 g/mol. The molecule has 3 heterocycles. The number of carbonyl (C=O) groups is 1. The molecule has 3 aromatic rings. The van der Waals surface area contributed by atoms with Gasteiger partial charge in [-0.3, -0.25) is 9.78 Å². The van der Waals surface area contributed by atoms with Crippen molar-refractivity contribution in [2.75, 3.05) is 6.54 Å². The smallest absolute Gasteiger partial charge is 0.272 e. The molecule has 0 aliphatic rings. The summed E-state index contributed by atoms with van der Waals surface area (Å²) in [5.41, 5.74) is 1.45. The molecule has 1 amide bonds. The lowest BCUT2D eigenvalue weighted by Gasteiger charge is -2.21. The number of thiophene rings is 1. The third-order valence-electron chi connectivity index (χ3n) is 3.33. The predicted molar refractivity (Wildman–Crippen MR) is 85.7 cm³/mol. The highest BCUT2D eigenvalue weighted by Crippen LogP contribution is 2.13. The van der Waals surface area contributed by atoms with Gasteiger partial charge in [-0.25, -0.2) is 0 Å². The van der Waals surface area contributed by atoms with Crippen molar-refractivity contribution < 1.29 is 9.21 Å². The summed E-state index contributed by atoms with van der Waals surface area (Å²) in [5, 5.41) is 2.05. The van der Waals surface area contributed by atoms with Crippen molar-refractivity contribution in [2.24, 2.45) is 0 Å². The van der Waals surface area contributed by atoms with Crippen LogP contribution in [0.1, 0.15) is 20.9 Å². The van der Waals surface area contributed by atoms with E-state index in [-0.39, 0.29) is 5.91 Å².